The molecule has 0 N–H and O–H groups in total. The Labute approximate surface area is 172 Å². The van der Waals surface area contributed by atoms with Crippen LogP contribution in [-0.2, 0) is 22.4 Å². The molecule has 0 atom stereocenters. The Morgan fingerprint density at radius 2 is 1.39 bits per heavy atom. The molecule has 1 heterocycles. The lowest BCUT2D eigenvalue weighted by Gasteiger charge is -2.22. The van der Waals surface area contributed by atoms with E-state index in [0.29, 0.717) is 37.5 Å². The fourth-order valence-electron chi connectivity index (χ4n) is 3.47. The summed E-state index contributed by atoms with van der Waals surface area (Å²) in [5, 5.41) is 0.672. The Kier molecular flexibility index (Phi) is 7.10. The molecule has 0 bridgehead atoms. The van der Waals surface area contributed by atoms with Gasteiger partial charge in [-0.25, -0.2) is 0 Å². The largest absolute Gasteiger partial charge is 0.341 e. The number of carbonyl (C=O) groups is 2. The van der Waals surface area contributed by atoms with E-state index in [2.05, 4.69) is 31.2 Å². The minimum absolute atomic E-state index is 0.108. The van der Waals surface area contributed by atoms with E-state index in [0.717, 1.165) is 24.9 Å². The van der Waals surface area contributed by atoms with Crippen LogP contribution in [0.3, 0.4) is 0 Å². The molecule has 0 saturated carbocycles. The third-order valence-corrected chi connectivity index (χ3v) is 5.47. The number of amides is 2. The zero-order valence-electron chi connectivity index (χ0n) is 16.4. The second-order valence-electron chi connectivity index (χ2n) is 7.40. The molecule has 2 amide bonds. The maximum atomic E-state index is 12.6. The van der Waals surface area contributed by atoms with Gasteiger partial charge < -0.3 is 9.80 Å². The molecule has 1 fully saturated rings. The molecule has 0 aliphatic carbocycles. The van der Waals surface area contributed by atoms with Gasteiger partial charge in [0.2, 0.25) is 11.8 Å². The molecule has 0 spiro atoms. The van der Waals surface area contributed by atoms with Crippen LogP contribution < -0.4 is 0 Å². The molecule has 5 heteroatoms. The van der Waals surface area contributed by atoms with Crippen molar-refractivity contribution in [3.05, 3.63) is 70.2 Å². The zero-order valence-corrected chi connectivity index (χ0v) is 17.1. The summed E-state index contributed by atoms with van der Waals surface area (Å²) in [4.78, 5) is 29.0. The normalized spacial score (nSPS) is 14.6. The van der Waals surface area contributed by atoms with Crippen LogP contribution in [0.25, 0.3) is 0 Å². The molecule has 0 radical (unpaired) electrons. The molecule has 28 heavy (non-hydrogen) atoms. The molecular weight excluding hydrogens is 372 g/mol. The Bertz CT molecular complexity index is 802. The topological polar surface area (TPSA) is 40.6 Å². The van der Waals surface area contributed by atoms with Gasteiger partial charge in [-0.05, 0) is 43.0 Å². The zero-order chi connectivity index (χ0) is 19.9. The van der Waals surface area contributed by atoms with Gasteiger partial charge in [-0.3, -0.25) is 9.59 Å². The second kappa shape index (κ2) is 9.74. The number of aryl methyl sites for hydroxylation is 2. The summed E-state index contributed by atoms with van der Waals surface area (Å²) in [6, 6.07) is 15.7. The lowest BCUT2D eigenvalue weighted by molar-refractivity contribution is -0.133. The highest BCUT2D eigenvalue weighted by Gasteiger charge is 2.22. The lowest BCUT2D eigenvalue weighted by atomic mass is 10.1. The van der Waals surface area contributed by atoms with Crippen LogP contribution in [-0.4, -0.2) is 47.8 Å². The van der Waals surface area contributed by atoms with E-state index in [1.807, 2.05) is 21.9 Å². The molecule has 4 nitrogen and oxygen atoms in total. The average molecular weight is 399 g/mol. The van der Waals surface area contributed by atoms with E-state index in [4.69, 9.17) is 11.6 Å². The van der Waals surface area contributed by atoms with E-state index < -0.39 is 0 Å². The van der Waals surface area contributed by atoms with Crippen molar-refractivity contribution in [1.29, 1.82) is 0 Å². The maximum absolute atomic E-state index is 12.6. The van der Waals surface area contributed by atoms with E-state index in [1.165, 1.54) is 11.1 Å². The van der Waals surface area contributed by atoms with Gasteiger partial charge in [0.05, 0.1) is 6.42 Å². The summed E-state index contributed by atoms with van der Waals surface area (Å²) >= 11 is 5.90. The predicted octanol–water partition coefficient (Wildman–Crippen LogP) is 3.88. The number of nitrogens with zero attached hydrogens (tertiary/aromatic N) is 2. The van der Waals surface area contributed by atoms with Crippen molar-refractivity contribution in [1.82, 2.24) is 9.80 Å². The van der Waals surface area contributed by atoms with Crippen LogP contribution in [0.15, 0.2) is 48.5 Å². The van der Waals surface area contributed by atoms with Crippen LogP contribution in [0.1, 0.15) is 29.5 Å². The van der Waals surface area contributed by atoms with Gasteiger partial charge in [-0.2, -0.15) is 0 Å². The monoisotopic (exact) mass is 398 g/mol. The van der Waals surface area contributed by atoms with E-state index >= 15 is 0 Å². The Morgan fingerprint density at radius 3 is 2.04 bits per heavy atom. The first-order valence-corrected chi connectivity index (χ1v) is 10.2. The maximum Gasteiger partial charge on any atom is 0.227 e. The van der Waals surface area contributed by atoms with E-state index in [1.54, 1.807) is 12.1 Å². The first-order chi connectivity index (χ1) is 13.5. The molecule has 0 aromatic heterocycles. The fourth-order valence-corrected chi connectivity index (χ4v) is 3.60. The smallest absolute Gasteiger partial charge is 0.227 e. The first-order valence-electron chi connectivity index (χ1n) is 9.87. The minimum Gasteiger partial charge on any atom is -0.341 e. The average Bonchev–Trinajstić information content (AvgIpc) is 2.95. The Morgan fingerprint density at radius 1 is 0.821 bits per heavy atom. The summed E-state index contributed by atoms with van der Waals surface area (Å²) in [5.74, 6) is 0.281. The highest BCUT2D eigenvalue weighted by molar-refractivity contribution is 6.30. The molecule has 1 aliphatic rings. The highest BCUT2D eigenvalue weighted by Crippen LogP contribution is 2.13. The van der Waals surface area contributed by atoms with E-state index in [9.17, 15) is 9.59 Å². The molecular formula is C23H27ClN2O2. The van der Waals surface area contributed by atoms with Crippen molar-refractivity contribution in [3.8, 4) is 0 Å². The third-order valence-electron chi connectivity index (χ3n) is 5.22. The van der Waals surface area contributed by atoms with Gasteiger partial charge in [-0.1, -0.05) is 53.6 Å². The van der Waals surface area contributed by atoms with Crippen molar-refractivity contribution < 1.29 is 9.59 Å². The molecule has 3 rings (SSSR count). The minimum atomic E-state index is 0.108. The van der Waals surface area contributed by atoms with Crippen molar-refractivity contribution in [3.63, 3.8) is 0 Å². The highest BCUT2D eigenvalue weighted by atomic mass is 35.5. The van der Waals surface area contributed by atoms with Gasteiger partial charge in [0.25, 0.3) is 0 Å². The summed E-state index contributed by atoms with van der Waals surface area (Å²) in [7, 11) is 0. The number of benzene rings is 2. The molecule has 1 saturated heterocycles. The Hall–Kier alpha value is -2.33. The summed E-state index contributed by atoms with van der Waals surface area (Å²) in [6.07, 6.45) is 2.47. The number of rotatable bonds is 5. The molecule has 1 aliphatic heterocycles. The SMILES string of the molecule is Cc1ccc(CCC(=O)N2CCCN(C(=O)Cc3ccc(Cl)cc3)CC2)cc1. The van der Waals surface area contributed by atoms with Crippen LogP contribution >= 0.6 is 11.6 Å². The third kappa shape index (κ3) is 5.83. The van der Waals surface area contributed by atoms with Crippen LogP contribution in [0, 0.1) is 6.92 Å². The second-order valence-corrected chi connectivity index (χ2v) is 7.84. The van der Waals surface area contributed by atoms with Crippen molar-refractivity contribution in [2.45, 2.75) is 32.6 Å². The molecule has 2 aromatic carbocycles. The van der Waals surface area contributed by atoms with Gasteiger partial charge in [0.15, 0.2) is 0 Å². The number of carbonyl (C=O) groups excluding carboxylic acids is 2. The number of halogens is 1. The quantitative estimate of drug-likeness (QED) is 0.766. The van der Waals surface area contributed by atoms with Crippen molar-refractivity contribution >= 4 is 23.4 Å². The number of hydrogen-bond acceptors (Lipinski definition) is 2. The fraction of sp³-hybridized carbons (Fsp3) is 0.391. The Balaban J connectivity index is 1.48. The lowest BCUT2D eigenvalue weighted by Crippen LogP contribution is -2.38. The van der Waals surface area contributed by atoms with Crippen molar-refractivity contribution in [2.75, 3.05) is 26.2 Å². The van der Waals surface area contributed by atoms with Crippen LogP contribution in [0.2, 0.25) is 5.02 Å². The van der Waals surface area contributed by atoms with Gasteiger partial charge in [-0.15, -0.1) is 0 Å². The molecule has 2 aromatic rings. The summed E-state index contributed by atoms with van der Waals surface area (Å²) in [5.41, 5.74) is 3.38. The standard InChI is InChI=1S/C23H27ClN2O2/c1-18-3-5-19(6-4-18)9-12-22(27)25-13-2-14-26(16-15-25)23(28)17-20-7-10-21(24)11-8-20/h3-8,10-11H,2,9,12-17H2,1H3. The van der Waals surface area contributed by atoms with Crippen molar-refractivity contribution in [2.24, 2.45) is 0 Å². The van der Waals surface area contributed by atoms with Gasteiger partial charge in [0, 0.05) is 37.6 Å². The van der Waals surface area contributed by atoms with Crippen LogP contribution in [0.4, 0.5) is 0 Å². The van der Waals surface area contributed by atoms with E-state index in [-0.39, 0.29) is 11.8 Å². The van der Waals surface area contributed by atoms with Crippen LogP contribution in [0.5, 0.6) is 0 Å². The molecule has 0 unspecified atom stereocenters. The first kappa shape index (κ1) is 20.4. The van der Waals surface area contributed by atoms with Gasteiger partial charge >= 0.3 is 0 Å². The predicted molar refractivity (Wildman–Crippen MR) is 112 cm³/mol. The summed E-state index contributed by atoms with van der Waals surface area (Å²) in [6.45, 7) is 4.69. The molecule has 148 valence electrons. The summed E-state index contributed by atoms with van der Waals surface area (Å²) < 4.78 is 0. The number of hydrogen-bond donors (Lipinski definition) is 0. The van der Waals surface area contributed by atoms with Gasteiger partial charge in [0.1, 0.15) is 0 Å².